The Hall–Kier alpha value is -2.83. The van der Waals surface area contributed by atoms with Crippen molar-refractivity contribution in [2.75, 3.05) is 36.5 Å². The zero-order chi connectivity index (χ0) is 19.9. The number of nitrogens with zero attached hydrogens (tertiary/aromatic N) is 1. The Labute approximate surface area is 163 Å². The summed E-state index contributed by atoms with van der Waals surface area (Å²) in [6, 6.07) is 10.5. The highest BCUT2D eigenvalue weighted by molar-refractivity contribution is 5.89. The number of hydrogen-bond donors (Lipinski definition) is 2. The van der Waals surface area contributed by atoms with Gasteiger partial charge in [-0.1, -0.05) is 6.92 Å². The maximum atomic E-state index is 13.4. The molecule has 0 radical (unpaired) electrons. The van der Waals surface area contributed by atoms with Crippen molar-refractivity contribution < 1.29 is 18.3 Å². The number of piperidine rings is 1. The predicted molar refractivity (Wildman–Crippen MR) is 106 cm³/mol. The second-order valence-electron chi connectivity index (χ2n) is 7.02. The Bertz CT molecular complexity index is 791. The van der Waals surface area contributed by atoms with E-state index in [4.69, 9.17) is 4.74 Å². The number of hydrogen-bond acceptors (Lipinski definition) is 3. The zero-order valence-electron chi connectivity index (χ0n) is 15.9. The molecule has 0 unspecified atom stereocenters. The lowest BCUT2D eigenvalue weighted by molar-refractivity contribution is 0.246. The van der Waals surface area contributed by atoms with Crippen LogP contribution in [0, 0.1) is 17.6 Å². The summed E-state index contributed by atoms with van der Waals surface area (Å²) in [5.41, 5.74) is 1.85. The van der Waals surface area contributed by atoms with Crippen LogP contribution in [-0.4, -0.2) is 32.3 Å². The average molecular weight is 389 g/mol. The quantitative estimate of drug-likeness (QED) is 0.720. The molecule has 2 aromatic rings. The van der Waals surface area contributed by atoms with Gasteiger partial charge in [-0.3, -0.25) is 0 Å². The highest BCUT2D eigenvalue weighted by Gasteiger charge is 2.15. The van der Waals surface area contributed by atoms with Crippen LogP contribution in [0.1, 0.15) is 19.8 Å². The van der Waals surface area contributed by atoms with E-state index in [9.17, 15) is 13.6 Å². The average Bonchev–Trinajstić information content (AvgIpc) is 2.68. The van der Waals surface area contributed by atoms with E-state index in [1.54, 1.807) is 0 Å². The van der Waals surface area contributed by atoms with Gasteiger partial charge in [-0.25, -0.2) is 13.6 Å². The molecule has 0 spiro atoms. The summed E-state index contributed by atoms with van der Waals surface area (Å²) in [6.07, 6.45) is 2.40. The van der Waals surface area contributed by atoms with Crippen molar-refractivity contribution in [1.29, 1.82) is 0 Å². The van der Waals surface area contributed by atoms with E-state index in [0.717, 1.165) is 36.8 Å². The number of carbonyl (C=O) groups excluding carboxylic acids is 1. The standard InChI is InChI=1S/C21H25F2N3O2/c1-15-8-11-26(12-9-15)18-5-3-17(4-6-18)25-21(27)24-10-13-28-20-7-2-16(22)14-19(20)23/h2-7,14-15H,8-13H2,1H3,(H2,24,25,27). The summed E-state index contributed by atoms with van der Waals surface area (Å²) >= 11 is 0. The van der Waals surface area contributed by atoms with Crippen LogP contribution in [0.5, 0.6) is 5.75 Å². The van der Waals surface area contributed by atoms with Gasteiger partial charge in [0.25, 0.3) is 0 Å². The zero-order valence-corrected chi connectivity index (χ0v) is 15.9. The van der Waals surface area contributed by atoms with Crippen molar-refractivity contribution in [3.8, 4) is 5.75 Å². The highest BCUT2D eigenvalue weighted by Crippen LogP contribution is 2.24. The van der Waals surface area contributed by atoms with Crippen LogP contribution in [0.4, 0.5) is 25.0 Å². The molecule has 2 aromatic carbocycles. The van der Waals surface area contributed by atoms with Crippen LogP contribution in [0.3, 0.4) is 0 Å². The van der Waals surface area contributed by atoms with Gasteiger partial charge in [0.1, 0.15) is 12.4 Å². The van der Waals surface area contributed by atoms with Crippen LogP contribution in [0.25, 0.3) is 0 Å². The molecule has 2 amide bonds. The summed E-state index contributed by atoms with van der Waals surface area (Å²) in [4.78, 5) is 14.3. The fourth-order valence-electron chi connectivity index (χ4n) is 3.12. The molecule has 1 aliphatic rings. The number of ether oxygens (including phenoxy) is 1. The van der Waals surface area contributed by atoms with E-state index in [0.29, 0.717) is 5.69 Å². The largest absolute Gasteiger partial charge is 0.489 e. The van der Waals surface area contributed by atoms with Gasteiger partial charge in [-0.15, -0.1) is 0 Å². The Balaban J connectivity index is 1.39. The predicted octanol–water partition coefficient (Wildman–Crippen LogP) is 4.40. The molecule has 1 fully saturated rings. The Morgan fingerprint density at radius 1 is 1.14 bits per heavy atom. The molecule has 0 aliphatic carbocycles. The van der Waals surface area contributed by atoms with Gasteiger partial charge in [0.05, 0.1) is 6.54 Å². The monoisotopic (exact) mass is 389 g/mol. The summed E-state index contributed by atoms with van der Waals surface area (Å²) in [5.74, 6) is -0.702. The minimum atomic E-state index is -0.771. The lowest BCUT2D eigenvalue weighted by atomic mass is 9.99. The molecule has 0 atom stereocenters. The van der Waals surface area contributed by atoms with Crippen molar-refractivity contribution in [3.05, 3.63) is 54.1 Å². The molecule has 1 heterocycles. The van der Waals surface area contributed by atoms with Crippen molar-refractivity contribution >= 4 is 17.4 Å². The van der Waals surface area contributed by atoms with Gasteiger partial charge < -0.3 is 20.3 Å². The van der Waals surface area contributed by atoms with Gasteiger partial charge in [-0.2, -0.15) is 0 Å². The van der Waals surface area contributed by atoms with Crippen molar-refractivity contribution in [2.24, 2.45) is 5.92 Å². The fourth-order valence-corrected chi connectivity index (χ4v) is 3.12. The minimum Gasteiger partial charge on any atom is -0.489 e. The van der Waals surface area contributed by atoms with Crippen LogP contribution >= 0.6 is 0 Å². The van der Waals surface area contributed by atoms with E-state index in [1.165, 1.54) is 18.9 Å². The molecule has 3 rings (SSSR count). The number of halogens is 2. The van der Waals surface area contributed by atoms with Gasteiger partial charge >= 0.3 is 6.03 Å². The molecule has 7 heteroatoms. The van der Waals surface area contributed by atoms with Crippen LogP contribution < -0.4 is 20.3 Å². The third-order valence-corrected chi connectivity index (χ3v) is 4.81. The third-order valence-electron chi connectivity index (χ3n) is 4.81. The summed E-state index contributed by atoms with van der Waals surface area (Å²) in [7, 11) is 0. The summed E-state index contributed by atoms with van der Waals surface area (Å²) in [5, 5.41) is 5.38. The first kappa shape index (κ1) is 19.9. The van der Waals surface area contributed by atoms with Gasteiger partial charge in [-0.05, 0) is 55.2 Å². The lowest BCUT2D eigenvalue weighted by Crippen LogP contribution is -2.33. The lowest BCUT2D eigenvalue weighted by Gasteiger charge is -2.32. The molecular weight excluding hydrogens is 364 g/mol. The summed E-state index contributed by atoms with van der Waals surface area (Å²) in [6.45, 7) is 4.66. The van der Waals surface area contributed by atoms with Gasteiger partial charge in [0.15, 0.2) is 11.6 Å². The molecule has 28 heavy (non-hydrogen) atoms. The summed E-state index contributed by atoms with van der Waals surface area (Å²) < 4.78 is 31.5. The van der Waals surface area contributed by atoms with E-state index < -0.39 is 11.6 Å². The number of anilines is 2. The smallest absolute Gasteiger partial charge is 0.319 e. The van der Waals surface area contributed by atoms with Gasteiger partial charge in [0, 0.05) is 30.5 Å². The normalized spacial score (nSPS) is 14.6. The first-order chi connectivity index (χ1) is 13.5. The number of rotatable bonds is 6. The molecule has 2 N–H and O–H groups in total. The molecule has 0 bridgehead atoms. The van der Waals surface area contributed by atoms with Crippen LogP contribution in [-0.2, 0) is 0 Å². The third kappa shape index (κ3) is 5.58. The van der Waals surface area contributed by atoms with Crippen molar-refractivity contribution in [3.63, 3.8) is 0 Å². The second-order valence-corrected chi connectivity index (χ2v) is 7.02. The highest BCUT2D eigenvalue weighted by atomic mass is 19.1. The fraction of sp³-hybridized carbons (Fsp3) is 0.381. The second kappa shape index (κ2) is 9.39. The maximum absolute atomic E-state index is 13.4. The number of urea groups is 1. The first-order valence-electron chi connectivity index (χ1n) is 9.49. The van der Waals surface area contributed by atoms with E-state index in [2.05, 4.69) is 22.5 Å². The molecular formula is C21H25F2N3O2. The first-order valence-corrected chi connectivity index (χ1v) is 9.49. The van der Waals surface area contributed by atoms with Crippen LogP contribution in [0.2, 0.25) is 0 Å². The number of carbonyl (C=O) groups is 1. The van der Waals surface area contributed by atoms with E-state index in [1.807, 2.05) is 24.3 Å². The Kier molecular flexibility index (Phi) is 6.68. The van der Waals surface area contributed by atoms with Gasteiger partial charge in [0.2, 0.25) is 0 Å². The number of amides is 2. The Morgan fingerprint density at radius 3 is 2.54 bits per heavy atom. The SMILES string of the molecule is CC1CCN(c2ccc(NC(=O)NCCOc3ccc(F)cc3F)cc2)CC1. The number of nitrogens with one attached hydrogen (secondary N) is 2. The van der Waals surface area contributed by atoms with Crippen LogP contribution in [0.15, 0.2) is 42.5 Å². The molecule has 0 saturated carbocycles. The molecule has 1 aliphatic heterocycles. The van der Waals surface area contributed by atoms with E-state index >= 15 is 0 Å². The minimum absolute atomic E-state index is 0.0497. The molecule has 0 aromatic heterocycles. The maximum Gasteiger partial charge on any atom is 0.319 e. The molecule has 5 nitrogen and oxygen atoms in total. The topological polar surface area (TPSA) is 53.6 Å². The van der Waals surface area contributed by atoms with Crippen molar-refractivity contribution in [2.45, 2.75) is 19.8 Å². The van der Waals surface area contributed by atoms with E-state index in [-0.39, 0.29) is 24.9 Å². The number of benzene rings is 2. The molecule has 1 saturated heterocycles. The molecule has 150 valence electrons. The Morgan fingerprint density at radius 2 is 1.86 bits per heavy atom. The van der Waals surface area contributed by atoms with Crippen molar-refractivity contribution in [1.82, 2.24) is 5.32 Å².